The van der Waals surface area contributed by atoms with Crippen molar-refractivity contribution in [1.29, 1.82) is 0 Å². The van der Waals surface area contributed by atoms with Crippen LogP contribution in [0.4, 0.5) is 11.5 Å². The molecule has 2 aromatic rings. The van der Waals surface area contributed by atoms with Crippen molar-refractivity contribution >= 4 is 17.4 Å². The van der Waals surface area contributed by atoms with Crippen molar-refractivity contribution in [3.8, 4) is 0 Å². The molecule has 2 aliphatic heterocycles. The number of carbonyl (C=O) groups excluding carboxylic acids is 1. The van der Waals surface area contributed by atoms with Gasteiger partial charge in [0.2, 0.25) is 0 Å². The molecule has 0 aliphatic carbocycles. The highest BCUT2D eigenvalue weighted by Crippen LogP contribution is 2.17. The summed E-state index contributed by atoms with van der Waals surface area (Å²) in [6.07, 6.45) is 1.35. The van der Waals surface area contributed by atoms with Gasteiger partial charge in [-0.2, -0.15) is 0 Å². The van der Waals surface area contributed by atoms with Gasteiger partial charge in [0, 0.05) is 51.0 Å². The smallest absolute Gasteiger partial charge is 0.274 e. The maximum Gasteiger partial charge on any atom is 0.274 e. The molecule has 4 rings (SSSR count). The van der Waals surface area contributed by atoms with E-state index in [1.165, 1.54) is 0 Å². The SMILES string of the molecule is CC(C)N1CCO[C@H](CN2CCCN(c3cccc(C(=O)Nc4ccccc4)n3)CC2)C1. The molecular weight excluding hydrogens is 402 g/mol. The van der Waals surface area contributed by atoms with E-state index in [0.717, 1.165) is 70.3 Å². The maximum atomic E-state index is 12.6. The van der Waals surface area contributed by atoms with Crippen molar-refractivity contribution in [3.05, 3.63) is 54.2 Å². The van der Waals surface area contributed by atoms with Crippen molar-refractivity contribution in [2.45, 2.75) is 32.4 Å². The molecule has 0 bridgehead atoms. The first-order chi connectivity index (χ1) is 15.6. The number of rotatable bonds is 6. The number of anilines is 2. The second-order valence-corrected chi connectivity index (χ2v) is 8.92. The van der Waals surface area contributed by atoms with E-state index in [9.17, 15) is 4.79 Å². The van der Waals surface area contributed by atoms with E-state index in [2.05, 4.69) is 38.8 Å². The molecule has 1 N–H and O–H groups in total. The standard InChI is InChI=1S/C25H35N5O2/c1-20(2)30-16-17-32-22(19-30)18-28-12-7-13-29(15-14-28)24-11-6-10-23(27-24)25(31)26-21-8-4-3-5-9-21/h3-6,8-11,20,22H,7,12-19H2,1-2H3,(H,26,31)/t22-/m1/s1. The molecule has 0 radical (unpaired) electrons. The topological polar surface area (TPSA) is 60.9 Å². The molecular formula is C25H35N5O2. The summed E-state index contributed by atoms with van der Waals surface area (Å²) in [5, 5.41) is 2.92. The molecule has 2 fully saturated rings. The Labute approximate surface area is 191 Å². The van der Waals surface area contributed by atoms with Crippen LogP contribution >= 0.6 is 0 Å². The van der Waals surface area contributed by atoms with Crippen LogP contribution in [0.3, 0.4) is 0 Å². The van der Waals surface area contributed by atoms with Crippen LogP contribution in [0.1, 0.15) is 30.8 Å². The third-order valence-electron chi connectivity index (χ3n) is 6.27. The van der Waals surface area contributed by atoms with Crippen molar-refractivity contribution in [1.82, 2.24) is 14.8 Å². The van der Waals surface area contributed by atoms with E-state index >= 15 is 0 Å². The molecule has 0 unspecified atom stereocenters. The summed E-state index contributed by atoms with van der Waals surface area (Å²) in [6.45, 7) is 12.2. The van der Waals surface area contributed by atoms with Crippen LogP contribution < -0.4 is 10.2 Å². The molecule has 7 nitrogen and oxygen atoms in total. The number of para-hydroxylation sites is 1. The van der Waals surface area contributed by atoms with Gasteiger partial charge >= 0.3 is 0 Å². The maximum absolute atomic E-state index is 12.6. The highest BCUT2D eigenvalue weighted by atomic mass is 16.5. The Bertz CT molecular complexity index is 876. The monoisotopic (exact) mass is 437 g/mol. The van der Waals surface area contributed by atoms with E-state index < -0.39 is 0 Å². The summed E-state index contributed by atoms with van der Waals surface area (Å²) < 4.78 is 6.05. The van der Waals surface area contributed by atoms with Crippen molar-refractivity contribution in [2.24, 2.45) is 0 Å². The summed E-state index contributed by atoms with van der Waals surface area (Å²) in [5.74, 6) is 0.686. The summed E-state index contributed by atoms with van der Waals surface area (Å²) in [4.78, 5) is 24.6. The van der Waals surface area contributed by atoms with E-state index in [-0.39, 0.29) is 12.0 Å². The molecule has 172 valence electrons. The largest absolute Gasteiger partial charge is 0.374 e. The minimum atomic E-state index is -0.182. The third kappa shape index (κ3) is 6.06. The van der Waals surface area contributed by atoms with Gasteiger partial charge in [0.1, 0.15) is 11.5 Å². The van der Waals surface area contributed by atoms with Crippen LogP contribution in [0.2, 0.25) is 0 Å². The zero-order valence-corrected chi connectivity index (χ0v) is 19.2. The second kappa shape index (κ2) is 10.9. The zero-order valence-electron chi connectivity index (χ0n) is 19.2. The molecule has 1 atom stereocenters. The normalized spacial score (nSPS) is 20.8. The highest BCUT2D eigenvalue weighted by Gasteiger charge is 2.25. The van der Waals surface area contributed by atoms with Gasteiger partial charge in [0.05, 0.1) is 12.7 Å². The van der Waals surface area contributed by atoms with Gasteiger partial charge < -0.3 is 15.0 Å². The van der Waals surface area contributed by atoms with Crippen LogP contribution in [-0.4, -0.2) is 85.3 Å². The lowest BCUT2D eigenvalue weighted by Gasteiger charge is -2.37. The van der Waals surface area contributed by atoms with Gasteiger partial charge in [-0.1, -0.05) is 24.3 Å². The van der Waals surface area contributed by atoms with Gasteiger partial charge in [0.15, 0.2) is 0 Å². The van der Waals surface area contributed by atoms with Crippen LogP contribution in [-0.2, 0) is 4.74 Å². The van der Waals surface area contributed by atoms with E-state index in [1.807, 2.05) is 42.5 Å². The summed E-state index contributed by atoms with van der Waals surface area (Å²) in [5.41, 5.74) is 1.22. The van der Waals surface area contributed by atoms with Gasteiger partial charge in [0.25, 0.3) is 5.91 Å². The number of hydrogen-bond acceptors (Lipinski definition) is 6. The van der Waals surface area contributed by atoms with Crippen LogP contribution in [0.5, 0.6) is 0 Å². The number of carbonyl (C=O) groups is 1. The first-order valence-corrected chi connectivity index (χ1v) is 11.7. The molecule has 3 heterocycles. The Morgan fingerprint density at radius 2 is 1.91 bits per heavy atom. The fourth-order valence-corrected chi connectivity index (χ4v) is 4.43. The van der Waals surface area contributed by atoms with Crippen LogP contribution in [0.15, 0.2) is 48.5 Å². The highest BCUT2D eigenvalue weighted by molar-refractivity contribution is 6.03. The number of nitrogens with one attached hydrogen (secondary N) is 1. The first kappa shape index (κ1) is 22.7. The number of ether oxygens (including phenoxy) is 1. The fourth-order valence-electron chi connectivity index (χ4n) is 4.43. The first-order valence-electron chi connectivity index (χ1n) is 11.7. The number of morpholine rings is 1. The number of aromatic nitrogens is 1. The molecule has 7 heteroatoms. The molecule has 2 aliphatic rings. The molecule has 0 saturated carbocycles. The lowest BCUT2D eigenvalue weighted by molar-refractivity contribution is -0.0514. The van der Waals surface area contributed by atoms with Crippen molar-refractivity contribution in [2.75, 3.05) is 62.6 Å². The molecule has 1 aromatic carbocycles. The van der Waals surface area contributed by atoms with Gasteiger partial charge in [-0.15, -0.1) is 0 Å². The van der Waals surface area contributed by atoms with Crippen LogP contribution in [0, 0.1) is 0 Å². The predicted molar refractivity (Wildman–Crippen MR) is 128 cm³/mol. The molecule has 32 heavy (non-hydrogen) atoms. The summed E-state index contributed by atoms with van der Waals surface area (Å²) in [7, 11) is 0. The molecule has 1 aromatic heterocycles. The third-order valence-corrected chi connectivity index (χ3v) is 6.27. The number of hydrogen-bond donors (Lipinski definition) is 1. The Kier molecular flexibility index (Phi) is 7.73. The van der Waals surface area contributed by atoms with Gasteiger partial charge in [-0.05, 0) is 51.1 Å². The number of nitrogens with zero attached hydrogens (tertiary/aromatic N) is 4. The second-order valence-electron chi connectivity index (χ2n) is 8.92. The van der Waals surface area contributed by atoms with E-state index in [1.54, 1.807) is 6.07 Å². The zero-order chi connectivity index (χ0) is 22.3. The van der Waals surface area contributed by atoms with Gasteiger partial charge in [-0.3, -0.25) is 14.6 Å². The predicted octanol–water partition coefficient (Wildman–Crippen LogP) is 2.96. The number of amides is 1. The Morgan fingerprint density at radius 3 is 2.72 bits per heavy atom. The van der Waals surface area contributed by atoms with Gasteiger partial charge in [-0.25, -0.2) is 4.98 Å². The summed E-state index contributed by atoms with van der Waals surface area (Å²) in [6, 6.07) is 15.7. The molecule has 2 saturated heterocycles. The minimum Gasteiger partial charge on any atom is -0.374 e. The van der Waals surface area contributed by atoms with Crippen molar-refractivity contribution < 1.29 is 9.53 Å². The Morgan fingerprint density at radius 1 is 1.06 bits per heavy atom. The molecule has 0 spiro atoms. The fraction of sp³-hybridized carbons (Fsp3) is 0.520. The average molecular weight is 438 g/mol. The Balaban J connectivity index is 1.33. The minimum absolute atomic E-state index is 0.182. The van der Waals surface area contributed by atoms with E-state index in [4.69, 9.17) is 4.74 Å². The van der Waals surface area contributed by atoms with Crippen molar-refractivity contribution in [3.63, 3.8) is 0 Å². The lowest BCUT2D eigenvalue weighted by atomic mass is 10.2. The quantitative estimate of drug-likeness (QED) is 0.750. The number of pyridine rings is 1. The Hall–Kier alpha value is -2.48. The summed E-state index contributed by atoms with van der Waals surface area (Å²) >= 11 is 0. The number of benzene rings is 1. The van der Waals surface area contributed by atoms with Crippen LogP contribution in [0.25, 0.3) is 0 Å². The van der Waals surface area contributed by atoms with E-state index in [0.29, 0.717) is 11.7 Å². The lowest BCUT2D eigenvalue weighted by Crippen LogP contribution is -2.50. The average Bonchev–Trinajstić information content (AvgIpc) is 3.05. The molecule has 1 amide bonds.